The van der Waals surface area contributed by atoms with E-state index in [1.54, 1.807) is 0 Å². The summed E-state index contributed by atoms with van der Waals surface area (Å²) in [5.41, 5.74) is 9.37. The second-order valence-electron chi connectivity index (χ2n) is 16.8. The average molecular weight is 771 g/mol. The summed E-state index contributed by atoms with van der Waals surface area (Å²) in [5.74, 6) is -0.927. The molecule has 0 bridgehead atoms. The van der Waals surface area contributed by atoms with Crippen LogP contribution >= 0.6 is 0 Å². The Bertz CT molecular complexity index is 1630. The van der Waals surface area contributed by atoms with E-state index in [0.717, 1.165) is 16.7 Å². The molecule has 0 saturated carbocycles. The van der Waals surface area contributed by atoms with Crippen LogP contribution in [0.1, 0.15) is 101 Å². The summed E-state index contributed by atoms with van der Waals surface area (Å²) < 4.78 is 6.41. The van der Waals surface area contributed by atoms with E-state index in [1.165, 1.54) is 5.56 Å². The molecule has 0 spiro atoms. The van der Waals surface area contributed by atoms with Crippen LogP contribution in [0.25, 0.3) is 0 Å². The summed E-state index contributed by atoms with van der Waals surface area (Å²) in [6.45, 7) is 14.0. The number of nitrogens with zero attached hydrogens (tertiary/aromatic N) is 2. The maximum absolute atomic E-state index is 13.7. The number of hydrogen-bond acceptors (Lipinski definition) is 6. The third-order valence-electron chi connectivity index (χ3n) is 9.74. The Morgan fingerprint density at radius 1 is 0.679 bits per heavy atom. The molecule has 3 amide bonds. The van der Waals surface area contributed by atoms with Crippen LogP contribution < -0.4 is 11.1 Å². The van der Waals surface area contributed by atoms with E-state index in [-0.39, 0.29) is 28.6 Å². The number of carbonyl (C=O) groups excluding carboxylic acids is 3. The minimum Gasteiger partial charge on any atom is -0.480 e. The standard InChI is InChI=1S/C46H66N4O6/c1-36-23-25-37(26-24-36)27-28-43(53)50(31-39-18-10-7-11-19-39)33-46(4,5)35-56-34-45(2,3)32-49(30-38-16-8-6-9-17-38)42(52)22-13-12-21-41(51)48-29-15-14-20-40(47)44(54)55/h6-11,16-19,23-26,40H,12-15,20-22,27-35,47H2,1-5H3,(H,48,51)(H,54,55)/t40-/m0/s1. The van der Waals surface area contributed by atoms with Crippen LogP contribution in [0.15, 0.2) is 84.9 Å². The molecule has 0 aromatic heterocycles. The van der Waals surface area contributed by atoms with Crippen LogP contribution in [0.4, 0.5) is 0 Å². The number of aryl methyl sites for hydroxylation is 2. The molecule has 0 aliphatic heterocycles. The summed E-state index contributed by atoms with van der Waals surface area (Å²) in [7, 11) is 0. The molecule has 3 aromatic carbocycles. The summed E-state index contributed by atoms with van der Waals surface area (Å²) in [5, 5.41) is 11.8. The zero-order valence-electron chi connectivity index (χ0n) is 34.4. The van der Waals surface area contributed by atoms with E-state index < -0.39 is 12.0 Å². The maximum atomic E-state index is 13.7. The van der Waals surface area contributed by atoms with Gasteiger partial charge in [-0.1, -0.05) is 118 Å². The van der Waals surface area contributed by atoms with E-state index in [9.17, 15) is 19.2 Å². The number of hydrogen-bond donors (Lipinski definition) is 3. The lowest BCUT2D eigenvalue weighted by molar-refractivity contribution is -0.139. The van der Waals surface area contributed by atoms with Crippen molar-refractivity contribution in [2.45, 2.75) is 112 Å². The number of rotatable bonds is 26. The molecule has 56 heavy (non-hydrogen) atoms. The molecule has 0 heterocycles. The molecule has 3 aromatic rings. The van der Waals surface area contributed by atoms with E-state index in [0.29, 0.717) is 104 Å². The highest BCUT2D eigenvalue weighted by molar-refractivity contribution is 5.77. The number of carboxylic acids is 1. The van der Waals surface area contributed by atoms with Crippen LogP contribution in [0.2, 0.25) is 0 Å². The Morgan fingerprint density at radius 2 is 1.18 bits per heavy atom. The fourth-order valence-corrected chi connectivity index (χ4v) is 6.61. The third kappa shape index (κ3) is 18.4. The molecule has 10 nitrogen and oxygen atoms in total. The van der Waals surface area contributed by atoms with Crippen molar-refractivity contribution < 1.29 is 29.0 Å². The van der Waals surface area contributed by atoms with E-state index in [2.05, 4.69) is 76.3 Å². The van der Waals surface area contributed by atoms with Crippen molar-refractivity contribution in [3.63, 3.8) is 0 Å². The molecule has 3 rings (SSSR count). The predicted molar refractivity (Wildman–Crippen MR) is 223 cm³/mol. The lowest BCUT2D eigenvalue weighted by atomic mass is 9.91. The molecule has 0 unspecified atom stereocenters. The molecule has 1 atom stereocenters. The van der Waals surface area contributed by atoms with Gasteiger partial charge in [0.1, 0.15) is 6.04 Å². The molecular weight excluding hydrogens is 705 g/mol. The second kappa shape index (κ2) is 23.5. The quantitative estimate of drug-likeness (QED) is 0.0727. The van der Waals surface area contributed by atoms with Crippen molar-refractivity contribution >= 4 is 23.7 Å². The molecule has 0 aliphatic rings. The van der Waals surface area contributed by atoms with Gasteiger partial charge in [-0.15, -0.1) is 0 Å². The van der Waals surface area contributed by atoms with Crippen molar-refractivity contribution in [1.29, 1.82) is 0 Å². The van der Waals surface area contributed by atoms with Crippen molar-refractivity contribution in [1.82, 2.24) is 15.1 Å². The summed E-state index contributed by atoms with van der Waals surface area (Å²) >= 11 is 0. The zero-order valence-corrected chi connectivity index (χ0v) is 34.4. The van der Waals surface area contributed by atoms with Crippen LogP contribution in [0, 0.1) is 17.8 Å². The van der Waals surface area contributed by atoms with Gasteiger partial charge in [-0.05, 0) is 62.1 Å². The highest BCUT2D eigenvalue weighted by Crippen LogP contribution is 2.25. The minimum absolute atomic E-state index is 0.0399. The third-order valence-corrected chi connectivity index (χ3v) is 9.74. The Hall–Kier alpha value is -4.54. The van der Waals surface area contributed by atoms with Crippen LogP contribution in [0.3, 0.4) is 0 Å². The number of aliphatic carboxylic acids is 1. The van der Waals surface area contributed by atoms with Gasteiger partial charge in [-0.3, -0.25) is 19.2 Å². The van der Waals surface area contributed by atoms with Gasteiger partial charge in [0.25, 0.3) is 0 Å². The zero-order chi connectivity index (χ0) is 41.0. The summed E-state index contributed by atoms with van der Waals surface area (Å²) in [6.07, 6.45) is 4.66. The fraction of sp³-hybridized carbons (Fsp3) is 0.522. The molecule has 4 N–H and O–H groups in total. The molecular formula is C46H66N4O6. The first-order valence-electron chi connectivity index (χ1n) is 20.1. The van der Waals surface area contributed by atoms with Crippen molar-refractivity contribution in [3.05, 3.63) is 107 Å². The maximum Gasteiger partial charge on any atom is 0.320 e. The first-order valence-corrected chi connectivity index (χ1v) is 20.1. The predicted octanol–water partition coefficient (Wildman–Crippen LogP) is 7.31. The fourth-order valence-electron chi connectivity index (χ4n) is 6.61. The average Bonchev–Trinajstić information content (AvgIpc) is 3.15. The largest absolute Gasteiger partial charge is 0.480 e. The number of nitrogens with one attached hydrogen (secondary N) is 1. The van der Waals surface area contributed by atoms with Gasteiger partial charge in [-0.2, -0.15) is 0 Å². The molecule has 10 heteroatoms. The molecule has 0 aliphatic carbocycles. The lowest BCUT2D eigenvalue weighted by Gasteiger charge is -2.36. The summed E-state index contributed by atoms with van der Waals surface area (Å²) in [6, 6.07) is 27.5. The van der Waals surface area contributed by atoms with Crippen LogP contribution in [0.5, 0.6) is 0 Å². The minimum atomic E-state index is -1.01. The van der Waals surface area contributed by atoms with Gasteiger partial charge in [0.15, 0.2) is 0 Å². The molecule has 0 fully saturated rings. The Labute approximate surface area is 335 Å². The van der Waals surface area contributed by atoms with Crippen molar-refractivity contribution in [2.24, 2.45) is 16.6 Å². The van der Waals surface area contributed by atoms with Gasteiger partial charge in [0.05, 0.1) is 13.2 Å². The normalized spacial score (nSPS) is 12.2. The van der Waals surface area contributed by atoms with Crippen LogP contribution in [-0.4, -0.2) is 77.5 Å². The SMILES string of the molecule is Cc1ccc(CCC(=O)N(Cc2ccccc2)CC(C)(C)COCC(C)(C)CN(Cc2ccccc2)C(=O)CCCCC(=O)NCCCC[C@H](N)C(=O)O)cc1. The number of carbonyl (C=O) groups is 4. The first kappa shape index (κ1) is 45.8. The second-order valence-corrected chi connectivity index (χ2v) is 16.8. The van der Waals surface area contributed by atoms with Gasteiger partial charge in [0, 0.05) is 62.8 Å². The Kier molecular flexibility index (Phi) is 19.2. The highest BCUT2D eigenvalue weighted by Gasteiger charge is 2.29. The number of amides is 3. The molecule has 0 saturated heterocycles. The first-order chi connectivity index (χ1) is 26.6. The number of ether oxygens (including phenoxy) is 1. The van der Waals surface area contributed by atoms with E-state index in [1.807, 2.05) is 58.3 Å². The Morgan fingerprint density at radius 3 is 1.70 bits per heavy atom. The van der Waals surface area contributed by atoms with Gasteiger partial charge >= 0.3 is 5.97 Å². The van der Waals surface area contributed by atoms with Crippen molar-refractivity contribution in [3.8, 4) is 0 Å². The van der Waals surface area contributed by atoms with Gasteiger partial charge in [-0.25, -0.2) is 0 Å². The molecule has 0 radical (unpaired) electrons. The topological polar surface area (TPSA) is 142 Å². The van der Waals surface area contributed by atoms with E-state index in [4.69, 9.17) is 15.6 Å². The number of benzene rings is 3. The number of carboxylic acid groups (broad SMARTS) is 1. The number of nitrogens with two attached hydrogens (primary N) is 1. The highest BCUT2D eigenvalue weighted by atomic mass is 16.5. The Balaban J connectivity index is 1.52. The monoisotopic (exact) mass is 770 g/mol. The summed E-state index contributed by atoms with van der Waals surface area (Å²) in [4.78, 5) is 54.4. The van der Waals surface area contributed by atoms with E-state index >= 15 is 0 Å². The van der Waals surface area contributed by atoms with Gasteiger partial charge in [0.2, 0.25) is 17.7 Å². The van der Waals surface area contributed by atoms with Gasteiger partial charge < -0.3 is 30.7 Å². The smallest absolute Gasteiger partial charge is 0.320 e. The molecule has 306 valence electrons. The lowest BCUT2D eigenvalue weighted by Crippen LogP contribution is -2.42. The van der Waals surface area contributed by atoms with Crippen LogP contribution in [-0.2, 0) is 43.4 Å². The van der Waals surface area contributed by atoms with Crippen molar-refractivity contribution in [2.75, 3.05) is 32.8 Å². The number of unbranched alkanes of at least 4 members (excludes halogenated alkanes) is 2.